The van der Waals surface area contributed by atoms with Gasteiger partial charge in [0.2, 0.25) is 0 Å². The van der Waals surface area contributed by atoms with Crippen molar-refractivity contribution in [2.45, 2.75) is 39.2 Å². The van der Waals surface area contributed by atoms with Crippen molar-refractivity contribution >= 4 is 27.3 Å². The largest absolute Gasteiger partial charge is 0.382 e. The summed E-state index contributed by atoms with van der Waals surface area (Å²) in [5, 5.41) is 14.1. The Bertz CT molecular complexity index is 473. The highest BCUT2D eigenvalue weighted by molar-refractivity contribution is 9.10. The molecule has 0 radical (unpaired) electrons. The number of hydrogen-bond acceptors (Lipinski definition) is 4. The molecule has 0 unspecified atom stereocenters. The Morgan fingerprint density at radius 2 is 2.00 bits per heavy atom. The Hall–Kier alpha value is -1.14. The van der Waals surface area contributed by atoms with Crippen molar-refractivity contribution < 1.29 is 4.92 Å². The van der Waals surface area contributed by atoms with Crippen LogP contribution >= 0.6 is 15.9 Å². The third kappa shape index (κ3) is 3.91. The number of benzene rings is 1. The zero-order valence-electron chi connectivity index (χ0n) is 11.5. The molecule has 1 rings (SSSR count). The maximum absolute atomic E-state index is 10.8. The van der Waals surface area contributed by atoms with Crippen molar-refractivity contribution in [2.75, 3.05) is 11.9 Å². The minimum absolute atomic E-state index is 0.113. The lowest BCUT2D eigenvalue weighted by molar-refractivity contribution is -0.385. The molecule has 0 bridgehead atoms. The van der Waals surface area contributed by atoms with Crippen molar-refractivity contribution in [1.82, 2.24) is 0 Å². The van der Waals surface area contributed by atoms with Gasteiger partial charge in [-0.1, -0.05) is 13.8 Å². The molecule has 106 valence electrons. The fourth-order valence-electron chi connectivity index (χ4n) is 1.77. The van der Waals surface area contributed by atoms with Gasteiger partial charge in [-0.15, -0.1) is 0 Å². The second-order valence-corrected chi connectivity index (χ2v) is 5.65. The number of nitro benzene ring substituents is 1. The van der Waals surface area contributed by atoms with Gasteiger partial charge < -0.3 is 11.1 Å². The molecule has 0 amide bonds. The molecule has 5 nitrogen and oxygen atoms in total. The third-order valence-corrected chi connectivity index (χ3v) is 4.18. The fourth-order valence-corrected chi connectivity index (χ4v) is 2.25. The number of rotatable bonds is 6. The van der Waals surface area contributed by atoms with Gasteiger partial charge in [0.15, 0.2) is 0 Å². The molecular weight excluding hydrogens is 310 g/mol. The highest BCUT2D eigenvalue weighted by Gasteiger charge is 2.21. The Kier molecular flexibility index (Phi) is 5.31. The van der Waals surface area contributed by atoms with Gasteiger partial charge in [-0.25, -0.2) is 0 Å². The topological polar surface area (TPSA) is 81.2 Å². The predicted molar refractivity (Wildman–Crippen MR) is 81.5 cm³/mol. The van der Waals surface area contributed by atoms with E-state index >= 15 is 0 Å². The Balaban J connectivity index is 2.92. The Morgan fingerprint density at radius 3 is 2.47 bits per heavy atom. The van der Waals surface area contributed by atoms with Crippen LogP contribution in [0.1, 0.15) is 32.3 Å². The summed E-state index contributed by atoms with van der Waals surface area (Å²) >= 11 is 3.35. The van der Waals surface area contributed by atoms with E-state index in [0.717, 1.165) is 18.5 Å². The van der Waals surface area contributed by atoms with E-state index in [1.807, 2.05) is 0 Å². The van der Waals surface area contributed by atoms with E-state index in [2.05, 4.69) is 35.1 Å². The maximum atomic E-state index is 10.8. The maximum Gasteiger partial charge on any atom is 0.273 e. The molecule has 0 heterocycles. The number of anilines is 1. The zero-order chi connectivity index (χ0) is 14.6. The van der Waals surface area contributed by atoms with E-state index in [1.54, 1.807) is 13.0 Å². The number of halogens is 1. The summed E-state index contributed by atoms with van der Waals surface area (Å²) in [7, 11) is 0. The van der Waals surface area contributed by atoms with Crippen LogP contribution in [0.25, 0.3) is 0 Å². The van der Waals surface area contributed by atoms with Gasteiger partial charge in [0, 0.05) is 33.9 Å². The van der Waals surface area contributed by atoms with Crippen molar-refractivity contribution in [3.05, 3.63) is 32.3 Å². The SMILES string of the molecule is CCC(N)(CC)CNc1cc(C)c([N+](=O)[O-])cc1Br. The summed E-state index contributed by atoms with van der Waals surface area (Å²) in [6.07, 6.45) is 1.75. The first kappa shape index (κ1) is 15.9. The highest BCUT2D eigenvalue weighted by Crippen LogP contribution is 2.31. The molecule has 0 aliphatic rings. The van der Waals surface area contributed by atoms with Crippen molar-refractivity contribution in [3.63, 3.8) is 0 Å². The minimum Gasteiger partial charge on any atom is -0.382 e. The highest BCUT2D eigenvalue weighted by atomic mass is 79.9. The third-order valence-electron chi connectivity index (χ3n) is 3.52. The van der Waals surface area contributed by atoms with E-state index in [0.29, 0.717) is 16.6 Å². The normalized spacial score (nSPS) is 11.4. The number of nitrogens with two attached hydrogens (primary N) is 1. The summed E-state index contributed by atoms with van der Waals surface area (Å²) in [5.41, 5.74) is 7.55. The predicted octanol–water partition coefficient (Wildman–Crippen LogP) is 3.60. The lowest BCUT2D eigenvalue weighted by Crippen LogP contribution is -2.45. The van der Waals surface area contributed by atoms with Crippen LogP contribution in [-0.2, 0) is 0 Å². The molecule has 0 aliphatic carbocycles. The van der Waals surface area contributed by atoms with Gasteiger partial charge in [0.05, 0.1) is 4.92 Å². The van der Waals surface area contributed by atoms with Crippen molar-refractivity contribution in [2.24, 2.45) is 5.73 Å². The number of hydrogen-bond donors (Lipinski definition) is 2. The summed E-state index contributed by atoms with van der Waals surface area (Å²) in [6.45, 7) is 6.48. The first-order chi connectivity index (χ1) is 8.83. The molecular formula is C13H20BrN3O2. The van der Waals surface area contributed by atoms with Crippen LogP contribution in [0.4, 0.5) is 11.4 Å². The number of nitro groups is 1. The van der Waals surface area contributed by atoms with E-state index in [4.69, 9.17) is 5.73 Å². The fraction of sp³-hybridized carbons (Fsp3) is 0.538. The van der Waals surface area contributed by atoms with Gasteiger partial charge in [-0.2, -0.15) is 0 Å². The molecule has 0 aromatic heterocycles. The molecule has 1 aromatic rings. The summed E-state index contributed by atoms with van der Waals surface area (Å²) in [5.74, 6) is 0. The molecule has 0 fully saturated rings. The summed E-state index contributed by atoms with van der Waals surface area (Å²) < 4.78 is 0.680. The van der Waals surface area contributed by atoms with Crippen LogP contribution in [0, 0.1) is 17.0 Å². The van der Waals surface area contributed by atoms with Gasteiger partial charge in [0.1, 0.15) is 0 Å². The van der Waals surface area contributed by atoms with Crippen molar-refractivity contribution in [3.8, 4) is 0 Å². The van der Waals surface area contributed by atoms with Crippen LogP contribution in [0.15, 0.2) is 16.6 Å². The second-order valence-electron chi connectivity index (χ2n) is 4.80. The number of nitrogens with zero attached hydrogens (tertiary/aromatic N) is 1. The van der Waals surface area contributed by atoms with Gasteiger partial charge >= 0.3 is 0 Å². The molecule has 3 N–H and O–H groups in total. The molecule has 0 spiro atoms. The average Bonchev–Trinajstić information content (AvgIpc) is 2.38. The Labute approximate surface area is 121 Å². The molecule has 0 atom stereocenters. The second kappa shape index (κ2) is 6.34. The molecule has 1 aromatic carbocycles. The molecule has 19 heavy (non-hydrogen) atoms. The zero-order valence-corrected chi connectivity index (χ0v) is 13.1. The van der Waals surface area contributed by atoms with Crippen LogP contribution in [0.3, 0.4) is 0 Å². The minimum atomic E-state index is -0.380. The van der Waals surface area contributed by atoms with Crippen LogP contribution in [0.2, 0.25) is 0 Å². The quantitative estimate of drug-likeness (QED) is 0.617. The van der Waals surface area contributed by atoms with Crippen LogP contribution in [-0.4, -0.2) is 17.0 Å². The average molecular weight is 330 g/mol. The van der Waals surface area contributed by atoms with E-state index in [9.17, 15) is 10.1 Å². The smallest absolute Gasteiger partial charge is 0.273 e. The Morgan fingerprint density at radius 1 is 1.42 bits per heavy atom. The molecule has 0 aliphatic heterocycles. The van der Waals surface area contributed by atoms with Crippen LogP contribution in [0.5, 0.6) is 0 Å². The standard InChI is InChI=1S/C13H20BrN3O2/c1-4-13(15,5-2)8-16-11-6-9(3)12(17(18)19)7-10(11)14/h6-7,16H,4-5,8,15H2,1-3H3. The van der Waals surface area contributed by atoms with Crippen LogP contribution < -0.4 is 11.1 Å². The van der Waals surface area contributed by atoms with E-state index < -0.39 is 0 Å². The molecule has 0 saturated carbocycles. The van der Waals surface area contributed by atoms with Gasteiger partial charge in [0.25, 0.3) is 5.69 Å². The molecule has 0 saturated heterocycles. The molecule has 6 heteroatoms. The van der Waals surface area contributed by atoms with Gasteiger partial charge in [-0.05, 0) is 41.8 Å². The number of nitrogens with one attached hydrogen (secondary N) is 1. The monoisotopic (exact) mass is 329 g/mol. The number of aryl methyl sites for hydroxylation is 1. The lowest BCUT2D eigenvalue weighted by atomic mass is 9.94. The van der Waals surface area contributed by atoms with E-state index in [-0.39, 0.29) is 16.1 Å². The van der Waals surface area contributed by atoms with Crippen molar-refractivity contribution in [1.29, 1.82) is 0 Å². The summed E-state index contributed by atoms with van der Waals surface area (Å²) in [6, 6.07) is 3.29. The van der Waals surface area contributed by atoms with Gasteiger partial charge in [-0.3, -0.25) is 10.1 Å². The van der Waals surface area contributed by atoms with E-state index in [1.165, 1.54) is 6.07 Å². The first-order valence-electron chi connectivity index (χ1n) is 6.30. The first-order valence-corrected chi connectivity index (χ1v) is 7.09. The lowest BCUT2D eigenvalue weighted by Gasteiger charge is -2.27. The summed E-state index contributed by atoms with van der Waals surface area (Å²) in [4.78, 5) is 10.5.